The Bertz CT molecular complexity index is 1620. The van der Waals surface area contributed by atoms with E-state index < -0.39 is 6.04 Å². The predicted molar refractivity (Wildman–Crippen MR) is 137 cm³/mol. The molecule has 3 aromatic carbocycles. The summed E-state index contributed by atoms with van der Waals surface area (Å²) in [6, 6.07) is 20.0. The van der Waals surface area contributed by atoms with E-state index >= 15 is 0 Å². The summed E-state index contributed by atoms with van der Waals surface area (Å²) in [5.41, 5.74) is 2.60. The fraction of sp³-hybridized carbons (Fsp3) is 0.111. The first-order valence-electron chi connectivity index (χ1n) is 10.8. The number of amides is 1. The monoisotopic (exact) mass is 467 g/mol. The first-order valence-corrected chi connectivity index (χ1v) is 11.7. The third-order valence-electron chi connectivity index (χ3n) is 5.94. The van der Waals surface area contributed by atoms with Gasteiger partial charge in [0.1, 0.15) is 10.9 Å². The van der Waals surface area contributed by atoms with Crippen molar-refractivity contribution in [2.45, 2.75) is 19.9 Å². The normalized spacial score (nSPS) is 12.1. The van der Waals surface area contributed by atoms with Crippen LogP contribution in [0.25, 0.3) is 32.1 Å². The average Bonchev–Trinajstić information content (AvgIpc) is 3.29. The number of nitrogens with zero attached hydrogens (tertiary/aromatic N) is 2. The predicted octanol–water partition coefficient (Wildman–Crippen LogP) is 5.68. The van der Waals surface area contributed by atoms with Gasteiger partial charge < -0.3 is 5.32 Å². The molecule has 0 bridgehead atoms. The van der Waals surface area contributed by atoms with Gasteiger partial charge in [-0.3, -0.25) is 19.0 Å². The van der Waals surface area contributed by atoms with Crippen LogP contribution in [0.1, 0.15) is 30.2 Å². The Morgan fingerprint density at radius 3 is 2.47 bits per heavy atom. The largest absolute Gasteiger partial charge is 0.324 e. The molecule has 0 aliphatic rings. The molecular weight excluding hydrogens is 446 g/mol. The van der Waals surface area contributed by atoms with E-state index in [0.29, 0.717) is 21.5 Å². The molecule has 0 aliphatic heterocycles. The van der Waals surface area contributed by atoms with Crippen molar-refractivity contribution in [2.24, 2.45) is 0 Å². The van der Waals surface area contributed by atoms with Crippen molar-refractivity contribution in [2.75, 3.05) is 5.32 Å². The highest BCUT2D eigenvalue weighted by Crippen LogP contribution is 2.32. The van der Waals surface area contributed by atoms with Crippen molar-refractivity contribution >= 4 is 49.7 Å². The van der Waals surface area contributed by atoms with Crippen LogP contribution in [0.3, 0.4) is 0 Å². The summed E-state index contributed by atoms with van der Waals surface area (Å²) in [5.74, 6) is -0.392. The van der Waals surface area contributed by atoms with E-state index in [4.69, 9.17) is 0 Å². The lowest BCUT2D eigenvalue weighted by Gasteiger charge is -2.15. The second-order valence-electron chi connectivity index (χ2n) is 8.15. The number of nitrogens with one attached hydrogen (secondary N) is 1. The van der Waals surface area contributed by atoms with Gasteiger partial charge in [-0.1, -0.05) is 36.4 Å². The number of anilines is 1. The van der Waals surface area contributed by atoms with Gasteiger partial charge in [-0.25, -0.2) is 4.98 Å². The summed E-state index contributed by atoms with van der Waals surface area (Å²) in [6.45, 7) is 3.15. The average molecular weight is 468 g/mol. The van der Waals surface area contributed by atoms with Crippen molar-refractivity contribution in [3.05, 3.63) is 94.4 Å². The lowest BCUT2D eigenvalue weighted by molar-refractivity contribution is -0.118. The zero-order chi connectivity index (χ0) is 23.8. The molecule has 7 heteroatoms. The molecule has 1 amide bonds. The lowest BCUT2D eigenvalue weighted by Crippen LogP contribution is -2.31. The van der Waals surface area contributed by atoms with E-state index in [2.05, 4.69) is 16.4 Å². The number of hydrogen-bond acceptors (Lipinski definition) is 5. The van der Waals surface area contributed by atoms with E-state index in [1.807, 2.05) is 41.8 Å². The molecule has 0 radical (unpaired) electrons. The standard InChI is InChI=1S/C27H21N3O3S/c1-16(25(32)29-22-11-9-18(10-12-22)17(2)31)30-15-28-26-24(27(30)33)23(14-34-26)21-8-7-19-5-3-4-6-20(19)13-21/h3-16H,1-2H3,(H,29,32). The quantitative estimate of drug-likeness (QED) is 0.337. The van der Waals surface area contributed by atoms with Crippen LogP contribution in [0.5, 0.6) is 0 Å². The number of thiophene rings is 1. The molecule has 0 saturated heterocycles. The number of aromatic nitrogens is 2. The van der Waals surface area contributed by atoms with Gasteiger partial charge in [0, 0.05) is 22.2 Å². The molecule has 0 saturated carbocycles. The van der Waals surface area contributed by atoms with Crippen LogP contribution in [-0.4, -0.2) is 21.2 Å². The Hall–Kier alpha value is -4.10. The van der Waals surface area contributed by atoms with E-state index in [1.165, 1.54) is 29.2 Å². The highest BCUT2D eigenvalue weighted by atomic mass is 32.1. The van der Waals surface area contributed by atoms with Crippen LogP contribution < -0.4 is 10.9 Å². The molecule has 1 N–H and O–H groups in total. The molecule has 5 aromatic rings. The molecular formula is C27H21N3O3S. The highest BCUT2D eigenvalue weighted by molar-refractivity contribution is 7.17. The first-order chi connectivity index (χ1) is 16.4. The molecule has 2 heterocycles. The maximum Gasteiger partial charge on any atom is 0.263 e. The maximum atomic E-state index is 13.5. The molecule has 1 atom stereocenters. The number of rotatable bonds is 5. The second kappa shape index (κ2) is 8.68. The van der Waals surface area contributed by atoms with Gasteiger partial charge >= 0.3 is 0 Å². The number of carbonyl (C=O) groups is 2. The van der Waals surface area contributed by atoms with Crippen molar-refractivity contribution < 1.29 is 9.59 Å². The van der Waals surface area contributed by atoms with Gasteiger partial charge in [-0.05, 0) is 60.5 Å². The molecule has 5 rings (SSSR count). The van der Waals surface area contributed by atoms with Crippen LogP contribution in [-0.2, 0) is 4.79 Å². The zero-order valence-electron chi connectivity index (χ0n) is 18.6. The topological polar surface area (TPSA) is 81.1 Å². The van der Waals surface area contributed by atoms with Crippen LogP contribution >= 0.6 is 11.3 Å². The van der Waals surface area contributed by atoms with Gasteiger partial charge in [0.2, 0.25) is 5.91 Å². The van der Waals surface area contributed by atoms with Crippen molar-refractivity contribution in [1.82, 2.24) is 9.55 Å². The molecule has 0 spiro atoms. The fourth-order valence-electron chi connectivity index (χ4n) is 3.95. The first kappa shape index (κ1) is 21.7. The minimum atomic E-state index is -0.777. The molecule has 168 valence electrons. The van der Waals surface area contributed by atoms with Crippen LogP contribution in [0.4, 0.5) is 5.69 Å². The molecule has 1 unspecified atom stereocenters. The number of hydrogen-bond donors (Lipinski definition) is 1. The zero-order valence-corrected chi connectivity index (χ0v) is 19.4. The number of carbonyl (C=O) groups excluding carboxylic acids is 2. The number of Topliss-reactive ketones (excluding diaryl/α,β-unsaturated/α-hetero) is 1. The molecule has 34 heavy (non-hydrogen) atoms. The summed E-state index contributed by atoms with van der Waals surface area (Å²) < 4.78 is 1.36. The van der Waals surface area contributed by atoms with E-state index in [1.54, 1.807) is 31.2 Å². The lowest BCUT2D eigenvalue weighted by atomic mass is 10.0. The Kier molecular flexibility index (Phi) is 5.55. The summed E-state index contributed by atoms with van der Waals surface area (Å²) in [5, 5.41) is 7.47. The Labute approximate surface area is 199 Å². The van der Waals surface area contributed by atoms with Gasteiger partial charge in [-0.15, -0.1) is 11.3 Å². The van der Waals surface area contributed by atoms with Gasteiger partial charge in [0.05, 0.1) is 11.7 Å². The number of fused-ring (bicyclic) bond motifs is 2. The third-order valence-corrected chi connectivity index (χ3v) is 6.82. The van der Waals surface area contributed by atoms with Crippen LogP contribution in [0, 0.1) is 0 Å². The molecule has 0 aliphatic carbocycles. The van der Waals surface area contributed by atoms with Gasteiger partial charge in [-0.2, -0.15) is 0 Å². The minimum Gasteiger partial charge on any atom is -0.324 e. The van der Waals surface area contributed by atoms with Crippen molar-refractivity contribution in [1.29, 1.82) is 0 Å². The summed E-state index contributed by atoms with van der Waals surface area (Å²) in [6.07, 6.45) is 1.43. The van der Waals surface area contributed by atoms with Crippen LogP contribution in [0.2, 0.25) is 0 Å². The highest BCUT2D eigenvalue weighted by Gasteiger charge is 2.20. The maximum absolute atomic E-state index is 13.5. The fourth-order valence-corrected chi connectivity index (χ4v) is 4.86. The van der Waals surface area contributed by atoms with E-state index in [0.717, 1.165) is 21.9 Å². The molecule has 0 fully saturated rings. The van der Waals surface area contributed by atoms with Crippen LogP contribution in [0.15, 0.2) is 83.2 Å². The van der Waals surface area contributed by atoms with Crippen molar-refractivity contribution in [3.8, 4) is 11.1 Å². The third kappa shape index (κ3) is 3.91. The Morgan fingerprint density at radius 1 is 1.00 bits per heavy atom. The smallest absolute Gasteiger partial charge is 0.263 e. The SMILES string of the molecule is CC(=O)c1ccc(NC(=O)C(C)n2cnc3scc(-c4ccc5ccccc5c4)c3c2=O)cc1. The van der Waals surface area contributed by atoms with Crippen molar-refractivity contribution in [3.63, 3.8) is 0 Å². The van der Waals surface area contributed by atoms with Gasteiger partial charge in [0.15, 0.2) is 5.78 Å². The second-order valence-corrected chi connectivity index (χ2v) is 9.01. The number of benzene rings is 3. The summed E-state index contributed by atoms with van der Waals surface area (Å²) in [4.78, 5) is 42.9. The van der Waals surface area contributed by atoms with E-state index in [-0.39, 0.29) is 17.2 Å². The molecule has 6 nitrogen and oxygen atoms in total. The van der Waals surface area contributed by atoms with Gasteiger partial charge in [0.25, 0.3) is 5.56 Å². The summed E-state index contributed by atoms with van der Waals surface area (Å²) in [7, 11) is 0. The van der Waals surface area contributed by atoms with E-state index in [9.17, 15) is 14.4 Å². The minimum absolute atomic E-state index is 0.0462. The summed E-state index contributed by atoms with van der Waals surface area (Å²) >= 11 is 1.41. The Balaban J connectivity index is 1.49. The number of ketones is 1. The molecule has 2 aromatic heterocycles. The Morgan fingerprint density at radius 2 is 1.74 bits per heavy atom.